The largest absolute Gasteiger partial charge is 0.445 e. The number of alkyl carbamates (subject to hydrolysis) is 1. The molecule has 2 rings (SSSR count). The molecule has 114 valence electrons. The Morgan fingerprint density at radius 2 is 2.05 bits per heavy atom. The van der Waals surface area contributed by atoms with E-state index in [1.54, 1.807) is 0 Å². The number of hydrogen-bond donors (Lipinski definition) is 2. The maximum absolute atomic E-state index is 11.5. The van der Waals surface area contributed by atoms with Gasteiger partial charge in [0.05, 0.1) is 11.5 Å². The molecule has 0 aliphatic rings. The summed E-state index contributed by atoms with van der Waals surface area (Å²) in [5, 5.41) is 11.6. The summed E-state index contributed by atoms with van der Waals surface area (Å²) in [6, 6.07) is 13.3. The zero-order valence-corrected chi connectivity index (χ0v) is 12.9. The molecule has 0 aliphatic carbocycles. The molecule has 1 aromatic heterocycles. The molecule has 1 heterocycles. The molecule has 0 atom stereocenters. The van der Waals surface area contributed by atoms with Crippen LogP contribution in [0.4, 0.5) is 4.79 Å². The molecular weight excluding hydrogens is 298 g/mol. The summed E-state index contributed by atoms with van der Waals surface area (Å²) in [6.07, 6.45) is 0.108. The van der Waals surface area contributed by atoms with Gasteiger partial charge in [-0.3, -0.25) is 0 Å². The maximum Gasteiger partial charge on any atom is 0.407 e. The number of carbonyl (C=O) groups is 1. The highest BCUT2D eigenvalue weighted by Crippen LogP contribution is 2.14. The second-order valence-electron chi connectivity index (χ2n) is 4.46. The smallest absolute Gasteiger partial charge is 0.407 e. The van der Waals surface area contributed by atoms with Gasteiger partial charge in [-0.25, -0.2) is 4.79 Å². The summed E-state index contributed by atoms with van der Waals surface area (Å²) < 4.78 is 5.09. The highest BCUT2D eigenvalue weighted by atomic mass is 32.1. The third-order valence-corrected chi connectivity index (χ3v) is 3.75. The van der Waals surface area contributed by atoms with Crippen LogP contribution in [0.25, 0.3) is 0 Å². The van der Waals surface area contributed by atoms with Gasteiger partial charge in [-0.05, 0) is 17.7 Å². The first-order valence-corrected chi connectivity index (χ1v) is 7.72. The van der Waals surface area contributed by atoms with Crippen molar-refractivity contribution in [2.45, 2.75) is 19.6 Å². The Kier molecular flexibility index (Phi) is 6.49. The van der Waals surface area contributed by atoms with Crippen LogP contribution in [0.3, 0.4) is 0 Å². The molecule has 0 bridgehead atoms. The Morgan fingerprint density at radius 1 is 1.23 bits per heavy atom. The normalized spacial score (nSPS) is 9.68. The van der Waals surface area contributed by atoms with Crippen molar-refractivity contribution in [2.75, 3.05) is 6.54 Å². The Hall–Kier alpha value is -2.29. The quantitative estimate of drug-likeness (QED) is 0.659. The third kappa shape index (κ3) is 5.60. The van der Waals surface area contributed by atoms with Crippen LogP contribution in [-0.2, 0) is 18.0 Å². The number of rotatable bonds is 5. The fourth-order valence-corrected chi connectivity index (χ4v) is 2.42. The van der Waals surface area contributed by atoms with E-state index in [1.807, 2.05) is 42.5 Å². The molecule has 0 saturated heterocycles. The summed E-state index contributed by atoms with van der Waals surface area (Å²) >= 11 is 1.47. The summed E-state index contributed by atoms with van der Waals surface area (Å²) in [5.74, 6) is 5.97. The molecule has 0 saturated carbocycles. The summed E-state index contributed by atoms with van der Waals surface area (Å²) in [6.45, 7) is 0.748. The maximum atomic E-state index is 11.5. The van der Waals surface area contributed by atoms with Crippen LogP contribution in [0.1, 0.15) is 21.7 Å². The van der Waals surface area contributed by atoms with Crippen molar-refractivity contribution in [3.05, 3.63) is 57.8 Å². The first-order valence-electron chi connectivity index (χ1n) is 6.91. The van der Waals surface area contributed by atoms with Gasteiger partial charge in [-0.15, -0.1) is 11.3 Å². The highest BCUT2D eigenvalue weighted by molar-refractivity contribution is 7.12. The van der Waals surface area contributed by atoms with Crippen molar-refractivity contribution in [1.29, 1.82) is 0 Å². The molecule has 2 aromatic rings. The van der Waals surface area contributed by atoms with Gasteiger partial charge in [0.25, 0.3) is 0 Å². The Balaban J connectivity index is 1.63. The topological polar surface area (TPSA) is 58.6 Å². The number of hydrogen-bond acceptors (Lipinski definition) is 4. The van der Waals surface area contributed by atoms with E-state index in [2.05, 4.69) is 17.2 Å². The monoisotopic (exact) mass is 315 g/mol. The second kappa shape index (κ2) is 8.88. The van der Waals surface area contributed by atoms with Gasteiger partial charge in [0, 0.05) is 17.8 Å². The van der Waals surface area contributed by atoms with E-state index >= 15 is 0 Å². The van der Waals surface area contributed by atoms with Crippen molar-refractivity contribution in [1.82, 2.24) is 5.32 Å². The van der Waals surface area contributed by atoms with Crippen LogP contribution < -0.4 is 5.32 Å². The van der Waals surface area contributed by atoms with Crippen LogP contribution in [-0.4, -0.2) is 17.7 Å². The first-order chi connectivity index (χ1) is 10.8. The lowest BCUT2D eigenvalue weighted by molar-refractivity contribution is 0.140. The summed E-state index contributed by atoms with van der Waals surface area (Å²) in [7, 11) is 0. The number of benzene rings is 1. The lowest BCUT2D eigenvalue weighted by atomic mass is 10.2. The average molecular weight is 315 g/mol. The number of carbonyl (C=O) groups excluding carboxylic acids is 1. The molecule has 5 heteroatoms. The van der Waals surface area contributed by atoms with E-state index in [0.29, 0.717) is 13.0 Å². The lowest BCUT2D eigenvalue weighted by Gasteiger charge is -2.05. The summed E-state index contributed by atoms with van der Waals surface area (Å²) in [4.78, 5) is 13.3. The Morgan fingerprint density at radius 3 is 2.77 bits per heavy atom. The van der Waals surface area contributed by atoms with E-state index in [-0.39, 0.29) is 13.2 Å². The lowest BCUT2D eigenvalue weighted by Crippen LogP contribution is -2.24. The van der Waals surface area contributed by atoms with E-state index in [0.717, 1.165) is 15.3 Å². The van der Waals surface area contributed by atoms with E-state index in [4.69, 9.17) is 9.84 Å². The Bertz CT molecular complexity index is 655. The van der Waals surface area contributed by atoms with Gasteiger partial charge in [0.2, 0.25) is 0 Å². The van der Waals surface area contributed by atoms with Crippen LogP contribution in [0.15, 0.2) is 42.5 Å². The van der Waals surface area contributed by atoms with Crippen LogP contribution >= 0.6 is 11.3 Å². The van der Waals surface area contributed by atoms with Gasteiger partial charge in [-0.2, -0.15) is 0 Å². The minimum atomic E-state index is -0.440. The zero-order chi connectivity index (χ0) is 15.6. The molecule has 0 aliphatic heterocycles. The fourth-order valence-electron chi connectivity index (χ4n) is 1.68. The number of nitrogens with one attached hydrogen (secondary N) is 1. The number of aliphatic hydroxyl groups excluding tert-OH is 1. The van der Waals surface area contributed by atoms with Gasteiger partial charge in [0.15, 0.2) is 0 Å². The predicted molar refractivity (Wildman–Crippen MR) is 86.4 cm³/mol. The third-order valence-electron chi connectivity index (χ3n) is 2.76. The standard InChI is InChI=1S/C17H17NO3S/c19-12-16-10-9-15(22-16)8-4-5-11-18-17(20)21-13-14-6-2-1-3-7-14/h1-3,6-7,9-10,19H,5,11-13H2,(H,18,20). The van der Waals surface area contributed by atoms with E-state index < -0.39 is 6.09 Å². The number of aliphatic hydroxyl groups is 1. The predicted octanol–water partition coefficient (Wildman–Crippen LogP) is 2.91. The van der Waals surface area contributed by atoms with Gasteiger partial charge in [-0.1, -0.05) is 42.2 Å². The van der Waals surface area contributed by atoms with Crippen molar-refractivity contribution < 1.29 is 14.6 Å². The van der Waals surface area contributed by atoms with Crippen molar-refractivity contribution >= 4 is 17.4 Å². The summed E-state index contributed by atoms with van der Waals surface area (Å²) in [5.41, 5.74) is 0.954. The molecule has 0 fully saturated rings. The average Bonchev–Trinajstić information content (AvgIpc) is 3.01. The molecule has 0 radical (unpaired) electrons. The minimum Gasteiger partial charge on any atom is -0.445 e. The SMILES string of the molecule is O=C(NCCC#Cc1ccc(CO)s1)OCc1ccccc1. The fraction of sp³-hybridized carbons (Fsp3) is 0.235. The molecule has 2 N–H and O–H groups in total. The number of thiophene rings is 1. The molecule has 0 unspecified atom stereocenters. The second-order valence-corrected chi connectivity index (χ2v) is 5.63. The molecule has 22 heavy (non-hydrogen) atoms. The van der Waals surface area contributed by atoms with Gasteiger partial charge < -0.3 is 15.2 Å². The Labute approximate surface area is 133 Å². The van der Waals surface area contributed by atoms with Crippen molar-refractivity contribution in [2.24, 2.45) is 0 Å². The molecule has 1 aromatic carbocycles. The van der Waals surface area contributed by atoms with E-state index in [1.165, 1.54) is 11.3 Å². The van der Waals surface area contributed by atoms with E-state index in [9.17, 15) is 4.79 Å². The molecular formula is C17H17NO3S. The highest BCUT2D eigenvalue weighted by Gasteiger charge is 2.00. The molecule has 4 nitrogen and oxygen atoms in total. The van der Waals surface area contributed by atoms with Crippen LogP contribution in [0.5, 0.6) is 0 Å². The van der Waals surface area contributed by atoms with Gasteiger partial charge in [0.1, 0.15) is 6.61 Å². The van der Waals surface area contributed by atoms with Crippen molar-refractivity contribution in [3.8, 4) is 11.8 Å². The number of amides is 1. The minimum absolute atomic E-state index is 0.0428. The molecule has 1 amide bonds. The zero-order valence-electron chi connectivity index (χ0n) is 12.0. The van der Waals surface area contributed by atoms with Crippen LogP contribution in [0.2, 0.25) is 0 Å². The van der Waals surface area contributed by atoms with Crippen LogP contribution in [0, 0.1) is 11.8 Å². The molecule has 0 spiro atoms. The number of ether oxygens (including phenoxy) is 1. The van der Waals surface area contributed by atoms with Gasteiger partial charge >= 0.3 is 6.09 Å². The van der Waals surface area contributed by atoms with Crippen molar-refractivity contribution in [3.63, 3.8) is 0 Å². The first kappa shape index (κ1) is 16.1.